The maximum Gasteiger partial charge on any atom is 0.156 e. The Labute approximate surface area is 111 Å². The molecule has 0 atom stereocenters. The number of hydrogen-bond donors (Lipinski definition) is 1. The molecule has 0 fully saturated rings. The lowest BCUT2D eigenvalue weighted by Gasteiger charge is -1.95. The fourth-order valence-electron chi connectivity index (χ4n) is 1.65. The first kappa shape index (κ1) is 10.7. The summed E-state index contributed by atoms with van der Waals surface area (Å²) in [6.07, 6.45) is 1.66. The first-order valence-electron chi connectivity index (χ1n) is 5.00. The largest absolute Gasteiger partial charge is 0.338 e. The molecule has 3 rings (SSSR count). The second-order valence-electron chi connectivity index (χ2n) is 3.59. The minimum Gasteiger partial charge on any atom is -0.338 e. The highest BCUT2D eigenvalue weighted by atomic mass is 79.9. The molecule has 0 aliphatic rings. The first-order valence-corrected chi connectivity index (χ1v) is 6.17. The van der Waals surface area contributed by atoms with Crippen molar-refractivity contribution >= 4 is 38.6 Å². The molecule has 0 aliphatic carbocycles. The number of halogens is 2. The average molecular weight is 309 g/mol. The lowest BCUT2D eigenvalue weighted by atomic mass is 10.2. The zero-order chi connectivity index (χ0) is 11.8. The summed E-state index contributed by atoms with van der Waals surface area (Å²) in [5, 5.41) is 0.419. The van der Waals surface area contributed by atoms with Crippen molar-refractivity contribution in [3.63, 3.8) is 0 Å². The highest BCUT2D eigenvalue weighted by Crippen LogP contribution is 2.24. The predicted octanol–water partition coefficient (Wildman–Crippen LogP) is 4.04. The van der Waals surface area contributed by atoms with Gasteiger partial charge >= 0.3 is 0 Å². The van der Waals surface area contributed by atoms with E-state index >= 15 is 0 Å². The zero-order valence-electron chi connectivity index (χ0n) is 8.61. The third-order valence-corrected chi connectivity index (χ3v) is 3.28. The molecule has 1 aromatic carbocycles. The quantitative estimate of drug-likeness (QED) is 0.689. The SMILES string of the molecule is Clc1nccc2[nH]c(-c3ccc(Br)cc3)nc12. The molecule has 0 bridgehead atoms. The van der Waals surface area contributed by atoms with E-state index in [2.05, 4.69) is 30.9 Å². The summed E-state index contributed by atoms with van der Waals surface area (Å²) in [4.78, 5) is 11.7. The van der Waals surface area contributed by atoms with Gasteiger partial charge in [0.15, 0.2) is 5.15 Å². The fraction of sp³-hybridized carbons (Fsp3) is 0. The molecule has 84 valence electrons. The summed E-state index contributed by atoms with van der Waals surface area (Å²) in [6, 6.07) is 9.79. The lowest BCUT2D eigenvalue weighted by molar-refractivity contribution is 1.32. The number of nitrogens with zero attached hydrogens (tertiary/aromatic N) is 2. The van der Waals surface area contributed by atoms with Gasteiger partial charge in [0.1, 0.15) is 11.3 Å². The summed E-state index contributed by atoms with van der Waals surface area (Å²) in [6.45, 7) is 0. The Hall–Kier alpha value is -1.39. The number of imidazole rings is 1. The maximum absolute atomic E-state index is 5.98. The van der Waals surface area contributed by atoms with Gasteiger partial charge in [0.05, 0.1) is 5.52 Å². The molecule has 0 amide bonds. The van der Waals surface area contributed by atoms with Crippen LogP contribution in [0.25, 0.3) is 22.4 Å². The number of aromatic nitrogens is 3. The van der Waals surface area contributed by atoms with Gasteiger partial charge < -0.3 is 4.98 Å². The van der Waals surface area contributed by atoms with Gasteiger partial charge in [0.2, 0.25) is 0 Å². The zero-order valence-corrected chi connectivity index (χ0v) is 11.0. The Kier molecular flexibility index (Phi) is 2.61. The minimum atomic E-state index is 0.419. The van der Waals surface area contributed by atoms with E-state index in [-0.39, 0.29) is 0 Å². The summed E-state index contributed by atoms with van der Waals surface area (Å²) < 4.78 is 1.04. The number of hydrogen-bond acceptors (Lipinski definition) is 2. The van der Waals surface area contributed by atoms with Crippen LogP contribution in [-0.2, 0) is 0 Å². The Morgan fingerprint density at radius 3 is 2.59 bits per heavy atom. The molecule has 0 saturated heterocycles. The number of pyridine rings is 1. The van der Waals surface area contributed by atoms with Crippen molar-refractivity contribution in [1.82, 2.24) is 15.0 Å². The van der Waals surface area contributed by atoms with Crippen molar-refractivity contribution in [2.75, 3.05) is 0 Å². The molecule has 0 unspecified atom stereocenters. The summed E-state index contributed by atoms with van der Waals surface area (Å²) in [7, 11) is 0. The summed E-state index contributed by atoms with van der Waals surface area (Å²) in [5.41, 5.74) is 2.61. The van der Waals surface area contributed by atoms with Gasteiger partial charge in [-0.1, -0.05) is 39.7 Å². The standard InChI is InChI=1S/C12H7BrClN3/c13-8-3-1-7(2-4-8)12-16-9-5-6-15-11(14)10(9)17-12/h1-6H,(H,16,17). The topological polar surface area (TPSA) is 41.6 Å². The minimum absolute atomic E-state index is 0.419. The number of fused-ring (bicyclic) bond motifs is 1. The third kappa shape index (κ3) is 1.94. The van der Waals surface area contributed by atoms with Crippen LogP contribution in [0.4, 0.5) is 0 Å². The van der Waals surface area contributed by atoms with Crippen LogP contribution >= 0.6 is 27.5 Å². The number of aromatic amines is 1. The number of H-pyrrole nitrogens is 1. The van der Waals surface area contributed by atoms with Gasteiger partial charge in [-0.2, -0.15) is 0 Å². The average Bonchev–Trinajstić information content (AvgIpc) is 2.75. The third-order valence-electron chi connectivity index (χ3n) is 2.47. The van der Waals surface area contributed by atoms with E-state index in [1.54, 1.807) is 6.20 Å². The Morgan fingerprint density at radius 1 is 1.12 bits per heavy atom. The van der Waals surface area contributed by atoms with E-state index in [0.29, 0.717) is 10.7 Å². The van der Waals surface area contributed by atoms with E-state index in [1.165, 1.54) is 0 Å². The molecule has 5 heteroatoms. The van der Waals surface area contributed by atoms with Crippen molar-refractivity contribution in [2.45, 2.75) is 0 Å². The fourth-order valence-corrected chi connectivity index (χ4v) is 2.11. The van der Waals surface area contributed by atoms with E-state index in [9.17, 15) is 0 Å². The highest BCUT2D eigenvalue weighted by Gasteiger charge is 2.08. The van der Waals surface area contributed by atoms with Crippen LogP contribution in [0.2, 0.25) is 5.15 Å². The molecule has 3 nitrogen and oxygen atoms in total. The molecule has 2 heterocycles. The van der Waals surface area contributed by atoms with Gasteiger partial charge in [-0.05, 0) is 18.2 Å². The molecule has 0 aliphatic heterocycles. The van der Waals surface area contributed by atoms with Gasteiger partial charge in [-0.3, -0.25) is 0 Å². The van der Waals surface area contributed by atoms with Crippen LogP contribution in [-0.4, -0.2) is 15.0 Å². The Bertz CT molecular complexity index is 676. The van der Waals surface area contributed by atoms with Gasteiger partial charge in [-0.25, -0.2) is 9.97 Å². The van der Waals surface area contributed by atoms with E-state index < -0.39 is 0 Å². The molecule has 0 radical (unpaired) electrons. The van der Waals surface area contributed by atoms with Crippen LogP contribution in [0.1, 0.15) is 0 Å². The van der Waals surface area contributed by atoms with Crippen LogP contribution in [0.5, 0.6) is 0 Å². The van der Waals surface area contributed by atoms with Crippen molar-refractivity contribution in [1.29, 1.82) is 0 Å². The number of benzene rings is 1. The smallest absolute Gasteiger partial charge is 0.156 e. The lowest BCUT2D eigenvalue weighted by Crippen LogP contribution is -1.79. The second-order valence-corrected chi connectivity index (χ2v) is 4.86. The predicted molar refractivity (Wildman–Crippen MR) is 72.0 cm³/mol. The first-order chi connectivity index (χ1) is 8.24. The van der Waals surface area contributed by atoms with Crippen LogP contribution < -0.4 is 0 Å². The molecule has 0 spiro atoms. The number of nitrogens with one attached hydrogen (secondary N) is 1. The van der Waals surface area contributed by atoms with Crippen molar-refractivity contribution in [3.05, 3.63) is 46.2 Å². The number of rotatable bonds is 1. The van der Waals surface area contributed by atoms with Crippen LogP contribution in [0, 0.1) is 0 Å². The van der Waals surface area contributed by atoms with Gasteiger partial charge in [-0.15, -0.1) is 0 Å². The molecule has 2 aromatic heterocycles. The van der Waals surface area contributed by atoms with Gasteiger partial charge in [0.25, 0.3) is 0 Å². The molecular weight excluding hydrogens is 302 g/mol. The molecule has 1 N–H and O–H groups in total. The Morgan fingerprint density at radius 2 is 1.88 bits per heavy atom. The summed E-state index contributed by atoms with van der Waals surface area (Å²) in [5.74, 6) is 0.794. The second kappa shape index (κ2) is 4.13. The highest BCUT2D eigenvalue weighted by molar-refractivity contribution is 9.10. The van der Waals surface area contributed by atoms with E-state index in [1.807, 2.05) is 30.3 Å². The molecular formula is C12H7BrClN3. The van der Waals surface area contributed by atoms with Crippen LogP contribution in [0.3, 0.4) is 0 Å². The normalized spacial score (nSPS) is 10.9. The van der Waals surface area contributed by atoms with Crippen molar-refractivity contribution in [3.8, 4) is 11.4 Å². The molecule has 3 aromatic rings. The van der Waals surface area contributed by atoms with Gasteiger partial charge in [0, 0.05) is 16.2 Å². The van der Waals surface area contributed by atoms with E-state index in [4.69, 9.17) is 11.6 Å². The monoisotopic (exact) mass is 307 g/mol. The Balaban J connectivity index is 2.18. The molecule has 0 saturated carbocycles. The van der Waals surface area contributed by atoms with Crippen molar-refractivity contribution in [2.24, 2.45) is 0 Å². The van der Waals surface area contributed by atoms with E-state index in [0.717, 1.165) is 21.4 Å². The molecule has 17 heavy (non-hydrogen) atoms. The maximum atomic E-state index is 5.98. The van der Waals surface area contributed by atoms with Crippen LogP contribution in [0.15, 0.2) is 41.0 Å². The van der Waals surface area contributed by atoms with Crippen molar-refractivity contribution < 1.29 is 0 Å². The summed E-state index contributed by atoms with van der Waals surface area (Å²) >= 11 is 9.38.